The van der Waals surface area contributed by atoms with Gasteiger partial charge in [0.1, 0.15) is 11.9 Å². The lowest BCUT2D eigenvalue weighted by atomic mass is 9.86. The third-order valence-corrected chi connectivity index (χ3v) is 4.91. The summed E-state index contributed by atoms with van der Waals surface area (Å²) >= 11 is 0. The predicted octanol–water partition coefficient (Wildman–Crippen LogP) is 2.03. The van der Waals surface area contributed by atoms with Gasteiger partial charge in [-0.25, -0.2) is 9.37 Å². The van der Waals surface area contributed by atoms with E-state index in [4.69, 9.17) is 10.5 Å². The number of nitrogens with two attached hydrogens (primary N) is 1. The summed E-state index contributed by atoms with van der Waals surface area (Å²) in [7, 11) is 3.67. The molecular weight excluding hydrogens is 387 g/mol. The van der Waals surface area contributed by atoms with Crippen LogP contribution in [0.1, 0.15) is 11.4 Å². The van der Waals surface area contributed by atoms with E-state index in [1.165, 1.54) is 12.1 Å². The molecule has 2 aromatic rings. The Morgan fingerprint density at radius 1 is 1.33 bits per heavy atom. The number of ether oxygens (including phenoxy) is 1. The minimum Gasteiger partial charge on any atom is -0.492 e. The van der Waals surface area contributed by atoms with Crippen molar-refractivity contribution in [3.8, 4) is 0 Å². The van der Waals surface area contributed by atoms with Gasteiger partial charge in [-0.15, -0.1) is 10.2 Å². The van der Waals surface area contributed by atoms with Crippen LogP contribution in [-0.4, -0.2) is 41.3 Å². The zero-order chi connectivity index (χ0) is 21.3. The van der Waals surface area contributed by atoms with Crippen LogP contribution in [0, 0.1) is 11.7 Å². The number of rotatable bonds is 6. The average Bonchev–Trinajstić information content (AvgIpc) is 3.16. The largest absolute Gasteiger partial charge is 0.492 e. The number of halogens is 1. The highest BCUT2D eigenvalue weighted by atomic mass is 19.1. The smallest absolute Gasteiger partial charge is 0.248 e. The summed E-state index contributed by atoms with van der Waals surface area (Å²) in [6.07, 6.45) is 6.39. The Bertz CT molecular complexity index is 1080. The van der Waals surface area contributed by atoms with Crippen molar-refractivity contribution in [3.63, 3.8) is 0 Å². The Kier molecular flexibility index (Phi) is 5.18. The van der Waals surface area contributed by atoms with E-state index >= 15 is 0 Å². The van der Waals surface area contributed by atoms with Crippen LogP contribution in [0.3, 0.4) is 0 Å². The van der Waals surface area contributed by atoms with E-state index in [0.29, 0.717) is 35.2 Å². The molecule has 30 heavy (non-hydrogen) atoms. The van der Waals surface area contributed by atoms with Gasteiger partial charge in [0.25, 0.3) is 0 Å². The molecule has 0 fully saturated rings. The lowest BCUT2D eigenvalue weighted by Gasteiger charge is -2.22. The van der Waals surface area contributed by atoms with Crippen LogP contribution >= 0.6 is 0 Å². The molecule has 0 radical (unpaired) electrons. The first-order valence-electron chi connectivity index (χ1n) is 9.38. The summed E-state index contributed by atoms with van der Waals surface area (Å²) in [5.41, 5.74) is 7.34. The standard InChI is InChI=1S/C21H21FN6O2/c1-28(2)21-20(24-10-12-5-3-6-13(22)9-12)25-19(26-27-21)16-11-30-17-14(16)7-4-8-15(17)18(23)29/h3-9,11,14,17H,10H2,1-2H3,(H2,23,29)(H,24,25,26). The van der Waals surface area contributed by atoms with Crippen molar-refractivity contribution in [2.75, 3.05) is 24.3 Å². The lowest BCUT2D eigenvalue weighted by molar-refractivity contribution is -0.115. The topological polar surface area (TPSA) is 106 Å². The summed E-state index contributed by atoms with van der Waals surface area (Å²) in [6.45, 7) is 0.368. The molecule has 1 aliphatic carbocycles. The van der Waals surface area contributed by atoms with Crippen molar-refractivity contribution in [3.05, 3.63) is 71.5 Å². The first-order valence-corrected chi connectivity index (χ1v) is 9.38. The maximum absolute atomic E-state index is 13.5. The summed E-state index contributed by atoms with van der Waals surface area (Å²) in [6, 6.07) is 6.33. The van der Waals surface area contributed by atoms with Crippen LogP contribution in [0.15, 0.2) is 54.3 Å². The zero-order valence-corrected chi connectivity index (χ0v) is 16.5. The van der Waals surface area contributed by atoms with Gasteiger partial charge >= 0.3 is 0 Å². The van der Waals surface area contributed by atoms with Crippen molar-refractivity contribution >= 4 is 23.1 Å². The average molecular weight is 408 g/mol. The second-order valence-corrected chi connectivity index (χ2v) is 7.21. The summed E-state index contributed by atoms with van der Waals surface area (Å²) in [4.78, 5) is 18.1. The molecule has 0 bridgehead atoms. The molecule has 2 unspecified atom stereocenters. The Balaban J connectivity index is 1.61. The Morgan fingerprint density at radius 2 is 2.17 bits per heavy atom. The van der Waals surface area contributed by atoms with Crippen LogP contribution in [0.25, 0.3) is 5.57 Å². The SMILES string of the molecule is CN(C)c1nnc(C2=COC3C(C(N)=O)=CC=CC23)nc1NCc1cccc(F)c1. The minimum absolute atomic E-state index is 0.236. The van der Waals surface area contributed by atoms with Gasteiger partial charge in [0.15, 0.2) is 17.5 Å². The number of carbonyl (C=O) groups is 1. The number of carbonyl (C=O) groups excluding carboxylic acids is 1. The van der Waals surface area contributed by atoms with Gasteiger partial charge in [-0.3, -0.25) is 4.79 Å². The molecule has 2 atom stereocenters. The number of hydrogen-bond acceptors (Lipinski definition) is 7. The third kappa shape index (κ3) is 3.73. The van der Waals surface area contributed by atoms with Crippen LogP contribution in [0.4, 0.5) is 16.0 Å². The van der Waals surface area contributed by atoms with E-state index in [-0.39, 0.29) is 11.7 Å². The molecule has 1 aromatic heterocycles. The van der Waals surface area contributed by atoms with E-state index < -0.39 is 12.0 Å². The van der Waals surface area contributed by atoms with Gasteiger partial charge in [0, 0.05) is 26.2 Å². The van der Waals surface area contributed by atoms with Crippen molar-refractivity contribution < 1.29 is 13.9 Å². The van der Waals surface area contributed by atoms with E-state index in [0.717, 1.165) is 5.56 Å². The molecule has 4 rings (SSSR count). The Hall–Kier alpha value is -3.75. The summed E-state index contributed by atoms with van der Waals surface area (Å²) in [5, 5.41) is 11.8. The minimum atomic E-state index is -0.525. The molecule has 2 heterocycles. The molecule has 8 nitrogen and oxygen atoms in total. The van der Waals surface area contributed by atoms with Gasteiger partial charge in [-0.2, -0.15) is 0 Å². The third-order valence-electron chi connectivity index (χ3n) is 4.91. The van der Waals surface area contributed by atoms with Gasteiger partial charge in [-0.05, 0) is 17.7 Å². The molecule has 1 aliphatic heterocycles. The number of fused-ring (bicyclic) bond motifs is 1. The van der Waals surface area contributed by atoms with Crippen LogP contribution in [0.5, 0.6) is 0 Å². The number of allylic oxidation sites excluding steroid dienone is 2. The fraction of sp³-hybridized carbons (Fsp3) is 0.238. The normalized spacial score (nSPS) is 19.4. The number of nitrogens with zero attached hydrogens (tertiary/aromatic N) is 4. The molecule has 1 aromatic carbocycles. The molecule has 2 aliphatic rings. The zero-order valence-electron chi connectivity index (χ0n) is 16.5. The van der Waals surface area contributed by atoms with Crippen molar-refractivity contribution in [1.29, 1.82) is 0 Å². The van der Waals surface area contributed by atoms with Crippen LogP contribution < -0.4 is 16.0 Å². The quantitative estimate of drug-likeness (QED) is 0.753. The Morgan fingerprint density at radius 3 is 2.90 bits per heavy atom. The number of hydrogen-bond donors (Lipinski definition) is 2. The summed E-state index contributed by atoms with van der Waals surface area (Å²) in [5.74, 6) is 0.367. The molecule has 3 N–H and O–H groups in total. The molecule has 0 saturated carbocycles. The number of nitrogens with one attached hydrogen (secondary N) is 1. The van der Waals surface area contributed by atoms with E-state index in [1.807, 2.05) is 26.2 Å². The number of anilines is 2. The van der Waals surface area contributed by atoms with E-state index in [2.05, 4.69) is 20.5 Å². The van der Waals surface area contributed by atoms with E-state index in [9.17, 15) is 9.18 Å². The highest BCUT2D eigenvalue weighted by Crippen LogP contribution is 2.38. The van der Waals surface area contributed by atoms with Gasteiger partial charge in [0.2, 0.25) is 5.91 Å². The second-order valence-electron chi connectivity index (χ2n) is 7.21. The van der Waals surface area contributed by atoms with Crippen LogP contribution in [0.2, 0.25) is 0 Å². The Labute approximate surface area is 173 Å². The maximum Gasteiger partial charge on any atom is 0.248 e. The van der Waals surface area contributed by atoms with Crippen molar-refractivity contribution in [1.82, 2.24) is 15.2 Å². The van der Waals surface area contributed by atoms with Gasteiger partial charge < -0.3 is 20.7 Å². The number of primary amides is 1. The molecule has 0 saturated heterocycles. The first kappa shape index (κ1) is 19.6. The van der Waals surface area contributed by atoms with E-state index in [1.54, 1.807) is 29.4 Å². The number of aromatic nitrogens is 3. The fourth-order valence-corrected chi connectivity index (χ4v) is 3.44. The van der Waals surface area contributed by atoms with Gasteiger partial charge in [0.05, 0.1) is 17.8 Å². The fourth-order valence-electron chi connectivity index (χ4n) is 3.44. The maximum atomic E-state index is 13.5. The predicted molar refractivity (Wildman–Crippen MR) is 111 cm³/mol. The highest BCUT2D eigenvalue weighted by molar-refractivity contribution is 5.94. The first-order chi connectivity index (χ1) is 14.4. The molecule has 9 heteroatoms. The highest BCUT2D eigenvalue weighted by Gasteiger charge is 2.38. The molecular formula is C21H21FN6O2. The van der Waals surface area contributed by atoms with Crippen LogP contribution in [-0.2, 0) is 16.1 Å². The van der Waals surface area contributed by atoms with Crippen molar-refractivity contribution in [2.24, 2.45) is 11.7 Å². The molecule has 1 amide bonds. The lowest BCUT2D eigenvalue weighted by Crippen LogP contribution is -2.30. The molecule has 154 valence electrons. The second kappa shape index (κ2) is 7.94. The van der Waals surface area contributed by atoms with Gasteiger partial charge in [-0.1, -0.05) is 30.4 Å². The number of amides is 1. The number of benzene rings is 1. The summed E-state index contributed by atoms with van der Waals surface area (Å²) < 4.78 is 19.2. The molecule has 0 spiro atoms. The monoisotopic (exact) mass is 408 g/mol. The van der Waals surface area contributed by atoms with Crippen molar-refractivity contribution in [2.45, 2.75) is 12.6 Å².